The third kappa shape index (κ3) is 3.43. The number of benzene rings is 1. The van der Waals surface area contributed by atoms with E-state index < -0.39 is 0 Å². The van der Waals surface area contributed by atoms with E-state index >= 15 is 0 Å². The summed E-state index contributed by atoms with van der Waals surface area (Å²) in [5.41, 5.74) is 1.48. The summed E-state index contributed by atoms with van der Waals surface area (Å²) in [5.74, 6) is 1.08. The second kappa shape index (κ2) is 7.78. The van der Waals surface area contributed by atoms with Gasteiger partial charge in [-0.15, -0.1) is 0 Å². The van der Waals surface area contributed by atoms with Gasteiger partial charge in [-0.2, -0.15) is 0 Å². The van der Waals surface area contributed by atoms with Crippen LogP contribution in [-0.4, -0.2) is 38.0 Å². The molecule has 1 aliphatic rings. The van der Waals surface area contributed by atoms with E-state index in [-0.39, 0.29) is 17.6 Å². The van der Waals surface area contributed by atoms with Crippen LogP contribution >= 0.6 is 0 Å². The predicted octanol–water partition coefficient (Wildman–Crippen LogP) is 4.33. The van der Waals surface area contributed by atoms with Gasteiger partial charge in [-0.3, -0.25) is 4.79 Å². The number of aryl methyl sites for hydroxylation is 2. The first-order valence-electron chi connectivity index (χ1n) is 10.1. The quantitative estimate of drug-likeness (QED) is 0.659. The number of halogens is 1. The smallest absolute Gasteiger partial charge is 0.270 e. The highest BCUT2D eigenvalue weighted by Crippen LogP contribution is 2.28. The maximum absolute atomic E-state index is 13.6. The molecule has 4 rings (SSSR count). The molecule has 0 spiro atoms. The van der Waals surface area contributed by atoms with Gasteiger partial charge in [0.15, 0.2) is 0 Å². The Balaban J connectivity index is 1.56. The Hall–Kier alpha value is -2.63. The van der Waals surface area contributed by atoms with Crippen LogP contribution in [0.15, 0.2) is 36.7 Å². The van der Waals surface area contributed by atoms with E-state index in [1.807, 2.05) is 28.9 Å². The fourth-order valence-electron chi connectivity index (χ4n) is 4.26. The summed E-state index contributed by atoms with van der Waals surface area (Å²) in [6.07, 6.45) is 8.21. The Morgan fingerprint density at radius 3 is 3.00 bits per heavy atom. The van der Waals surface area contributed by atoms with E-state index in [2.05, 4.69) is 16.5 Å². The standard InChI is InChI=1S/C22H27FN4O/c1-3-4-10-26-12-9-24-21(26)16-6-5-11-27(15-16)22(28)20-14-17-13-18(23)7-8-19(17)25(20)2/h7-9,12-14,16H,3-6,10-11,15H2,1-2H3/t16-/m1/s1. The van der Waals surface area contributed by atoms with Crippen molar-refractivity contribution >= 4 is 16.8 Å². The number of nitrogens with zero attached hydrogens (tertiary/aromatic N) is 4. The summed E-state index contributed by atoms with van der Waals surface area (Å²) in [7, 11) is 1.87. The van der Waals surface area contributed by atoms with Crippen LogP contribution in [0.1, 0.15) is 54.8 Å². The third-order valence-electron chi connectivity index (χ3n) is 5.80. The van der Waals surface area contributed by atoms with E-state index in [4.69, 9.17) is 0 Å². The molecule has 1 aromatic carbocycles. The Morgan fingerprint density at radius 1 is 1.32 bits per heavy atom. The van der Waals surface area contributed by atoms with E-state index in [9.17, 15) is 9.18 Å². The number of carbonyl (C=O) groups is 1. The topological polar surface area (TPSA) is 43.1 Å². The van der Waals surface area contributed by atoms with Crippen LogP contribution in [0.4, 0.5) is 4.39 Å². The molecule has 1 fully saturated rings. The molecule has 2 aromatic heterocycles. The van der Waals surface area contributed by atoms with Gasteiger partial charge in [0, 0.05) is 55.9 Å². The van der Waals surface area contributed by atoms with Gasteiger partial charge in [-0.05, 0) is 43.5 Å². The van der Waals surface area contributed by atoms with Crippen LogP contribution < -0.4 is 0 Å². The van der Waals surface area contributed by atoms with Crippen LogP contribution in [0, 0.1) is 5.82 Å². The van der Waals surface area contributed by atoms with Gasteiger partial charge in [-0.1, -0.05) is 13.3 Å². The molecule has 1 amide bonds. The summed E-state index contributed by atoms with van der Waals surface area (Å²) >= 11 is 0. The lowest BCUT2D eigenvalue weighted by Crippen LogP contribution is -2.40. The van der Waals surface area contributed by atoms with Gasteiger partial charge in [0.2, 0.25) is 0 Å². The van der Waals surface area contributed by atoms with E-state index in [1.165, 1.54) is 12.1 Å². The minimum Gasteiger partial charge on any atom is -0.340 e. The van der Waals surface area contributed by atoms with E-state index in [0.717, 1.165) is 55.5 Å². The maximum Gasteiger partial charge on any atom is 0.270 e. The number of hydrogen-bond donors (Lipinski definition) is 0. The minimum atomic E-state index is -0.283. The fourth-order valence-corrected chi connectivity index (χ4v) is 4.26. The molecule has 0 radical (unpaired) electrons. The van der Waals surface area contributed by atoms with Crippen molar-refractivity contribution in [2.45, 2.75) is 45.1 Å². The molecule has 3 aromatic rings. The van der Waals surface area contributed by atoms with E-state index in [1.54, 1.807) is 12.1 Å². The normalized spacial score (nSPS) is 17.4. The number of carbonyl (C=O) groups excluding carboxylic acids is 1. The fraction of sp³-hybridized carbons (Fsp3) is 0.455. The zero-order valence-electron chi connectivity index (χ0n) is 16.6. The number of unbranched alkanes of at least 4 members (excludes halogenated alkanes) is 1. The van der Waals surface area contributed by atoms with E-state index in [0.29, 0.717) is 12.2 Å². The molecule has 5 nitrogen and oxygen atoms in total. The van der Waals surface area contributed by atoms with Crippen LogP contribution in [0.3, 0.4) is 0 Å². The average molecular weight is 382 g/mol. The largest absolute Gasteiger partial charge is 0.340 e. The predicted molar refractivity (Wildman–Crippen MR) is 108 cm³/mol. The lowest BCUT2D eigenvalue weighted by Gasteiger charge is -2.32. The molecule has 6 heteroatoms. The van der Waals surface area contributed by atoms with Crippen LogP contribution in [0.25, 0.3) is 10.9 Å². The first kappa shape index (κ1) is 18.7. The highest BCUT2D eigenvalue weighted by atomic mass is 19.1. The number of fused-ring (bicyclic) bond motifs is 1. The molecule has 0 N–H and O–H groups in total. The van der Waals surface area contributed by atoms with Gasteiger partial charge in [0.1, 0.15) is 17.3 Å². The second-order valence-corrected chi connectivity index (χ2v) is 7.71. The number of likely N-dealkylation sites (tertiary alicyclic amines) is 1. The molecule has 1 saturated heterocycles. The Kier molecular flexibility index (Phi) is 5.20. The molecule has 1 atom stereocenters. The Labute approximate surface area is 164 Å². The molecule has 0 saturated carbocycles. The molecule has 28 heavy (non-hydrogen) atoms. The van der Waals surface area contributed by atoms with Gasteiger partial charge in [-0.25, -0.2) is 9.37 Å². The molecule has 148 valence electrons. The Bertz CT molecular complexity index is 990. The molecule has 0 unspecified atom stereocenters. The van der Waals surface area contributed by atoms with Crippen LogP contribution in [-0.2, 0) is 13.6 Å². The van der Waals surface area contributed by atoms with Crippen LogP contribution in [0.5, 0.6) is 0 Å². The van der Waals surface area contributed by atoms with Crippen molar-refractivity contribution in [2.75, 3.05) is 13.1 Å². The summed E-state index contributed by atoms with van der Waals surface area (Å²) in [6, 6.07) is 6.44. The zero-order chi connectivity index (χ0) is 19.7. The van der Waals surface area contributed by atoms with Crippen molar-refractivity contribution in [2.24, 2.45) is 7.05 Å². The van der Waals surface area contributed by atoms with Crippen molar-refractivity contribution in [3.63, 3.8) is 0 Å². The van der Waals surface area contributed by atoms with Gasteiger partial charge in [0.25, 0.3) is 5.91 Å². The molecule has 1 aliphatic heterocycles. The van der Waals surface area contributed by atoms with Crippen molar-refractivity contribution in [1.82, 2.24) is 19.0 Å². The number of rotatable bonds is 5. The van der Waals surface area contributed by atoms with Crippen LogP contribution in [0.2, 0.25) is 0 Å². The first-order chi connectivity index (χ1) is 13.6. The number of hydrogen-bond acceptors (Lipinski definition) is 2. The van der Waals surface area contributed by atoms with Gasteiger partial charge >= 0.3 is 0 Å². The highest BCUT2D eigenvalue weighted by Gasteiger charge is 2.29. The molecular weight excluding hydrogens is 355 g/mol. The number of amides is 1. The average Bonchev–Trinajstić information content (AvgIpc) is 3.30. The second-order valence-electron chi connectivity index (χ2n) is 7.71. The lowest BCUT2D eigenvalue weighted by molar-refractivity contribution is 0.0694. The lowest BCUT2D eigenvalue weighted by atomic mass is 9.96. The molecular formula is C22H27FN4O. The van der Waals surface area contributed by atoms with Crippen molar-refractivity contribution in [3.05, 3.63) is 54.0 Å². The molecule has 0 bridgehead atoms. The van der Waals surface area contributed by atoms with Gasteiger partial charge in [0.05, 0.1) is 0 Å². The maximum atomic E-state index is 13.6. The Morgan fingerprint density at radius 2 is 2.18 bits per heavy atom. The summed E-state index contributed by atoms with van der Waals surface area (Å²) in [4.78, 5) is 19.8. The minimum absolute atomic E-state index is 0.00970. The number of imidazole rings is 1. The number of aromatic nitrogens is 3. The first-order valence-corrected chi connectivity index (χ1v) is 10.1. The summed E-state index contributed by atoms with van der Waals surface area (Å²) in [5, 5.41) is 0.759. The third-order valence-corrected chi connectivity index (χ3v) is 5.80. The van der Waals surface area contributed by atoms with Gasteiger partial charge < -0.3 is 14.0 Å². The van der Waals surface area contributed by atoms with Crippen molar-refractivity contribution < 1.29 is 9.18 Å². The number of piperidine rings is 1. The SMILES string of the molecule is CCCCn1ccnc1[C@@H]1CCCN(C(=O)c2cc3cc(F)ccc3n2C)C1. The monoisotopic (exact) mass is 382 g/mol. The van der Waals surface area contributed by atoms with Crippen molar-refractivity contribution in [1.29, 1.82) is 0 Å². The zero-order valence-corrected chi connectivity index (χ0v) is 16.6. The summed E-state index contributed by atoms with van der Waals surface area (Å²) in [6.45, 7) is 4.59. The van der Waals surface area contributed by atoms with Crippen molar-refractivity contribution in [3.8, 4) is 0 Å². The summed E-state index contributed by atoms with van der Waals surface area (Å²) < 4.78 is 17.7. The molecule has 3 heterocycles. The molecule has 0 aliphatic carbocycles. The highest BCUT2D eigenvalue weighted by molar-refractivity contribution is 5.98.